The zero-order chi connectivity index (χ0) is 15.3. The van der Waals surface area contributed by atoms with Crippen LogP contribution in [0.1, 0.15) is 47.0 Å². The van der Waals surface area contributed by atoms with Crippen LogP contribution in [-0.2, 0) is 9.31 Å². The van der Waals surface area contributed by atoms with E-state index in [1.807, 2.05) is 0 Å². The molecule has 2 aliphatic rings. The van der Waals surface area contributed by atoms with Crippen LogP contribution in [0.5, 0.6) is 0 Å². The highest BCUT2D eigenvalue weighted by Crippen LogP contribution is 2.46. The molecule has 1 saturated heterocycles. The van der Waals surface area contributed by atoms with Crippen LogP contribution in [-0.4, -0.2) is 24.5 Å². The van der Waals surface area contributed by atoms with Crippen molar-refractivity contribution in [1.29, 1.82) is 0 Å². The zero-order valence-electron chi connectivity index (χ0n) is 12.1. The molecule has 0 spiro atoms. The van der Waals surface area contributed by atoms with E-state index in [0.29, 0.717) is 19.3 Å². The van der Waals surface area contributed by atoms with Gasteiger partial charge in [0.1, 0.15) is 5.73 Å². The summed E-state index contributed by atoms with van der Waals surface area (Å²) in [5.74, 6) is -0.769. The lowest BCUT2D eigenvalue weighted by Crippen LogP contribution is -2.41. The standard InChI is InChI=1S/C13H19BF4O2/c1-11(2)12(3,4)20-14(19-11)10(15)9(13(16,17)18)8-6-5-7-8/h8H,5-7H2,1-4H3. The fraction of sp³-hybridized carbons (Fsp3) is 0.846. The second-order valence-corrected chi connectivity index (χ2v) is 6.48. The Labute approximate surface area is 116 Å². The first-order chi connectivity index (χ1) is 8.96. The summed E-state index contributed by atoms with van der Waals surface area (Å²) in [6.07, 6.45) is -3.26. The molecule has 0 radical (unpaired) electrons. The van der Waals surface area contributed by atoms with Crippen molar-refractivity contribution in [3.8, 4) is 0 Å². The molecular formula is C13H19BF4O2. The predicted octanol–water partition coefficient (Wildman–Crippen LogP) is 4.20. The van der Waals surface area contributed by atoms with E-state index in [9.17, 15) is 17.6 Å². The minimum Gasteiger partial charge on any atom is -0.398 e. The summed E-state index contributed by atoms with van der Waals surface area (Å²) in [6, 6.07) is 0. The van der Waals surface area contributed by atoms with Crippen LogP contribution < -0.4 is 0 Å². The number of halogens is 4. The first kappa shape index (κ1) is 15.8. The fourth-order valence-electron chi connectivity index (χ4n) is 2.33. The molecule has 0 unspecified atom stereocenters. The third-order valence-electron chi connectivity index (χ3n) is 4.54. The molecular weight excluding hydrogens is 275 g/mol. The maximum atomic E-state index is 14.3. The number of alkyl halides is 3. The van der Waals surface area contributed by atoms with Gasteiger partial charge >= 0.3 is 13.3 Å². The molecule has 1 aliphatic carbocycles. The summed E-state index contributed by atoms with van der Waals surface area (Å²) < 4.78 is 64.3. The largest absolute Gasteiger partial charge is 0.525 e. The maximum absolute atomic E-state index is 14.3. The van der Waals surface area contributed by atoms with Gasteiger partial charge in [-0.05, 0) is 46.5 Å². The molecule has 1 aliphatic heterocycles. The Bertz CT molecular complexity index is 409. The Hall–Kier alpha value is -0.555. The SMILES string of the molecule is CC1(C)OB(C(F)=C(C2CCC2)C(F)(F)F)OC1(C)C. The van der Waals surface area contributed by atoms with E-state index in [4.69, 9.17) is 9.31 Å². The van der Waals surface area contributed by atoms with Gasteiger partial charge < -0.3 is 9.31 Å². The molecule has 0 aromatic carbocycles. The van der Waals surface area contributed by atoms with Crippen LogP contribution in [0.4, 0.5) is 17.6 Å². The van der Waals surface area contributed by atoms with Crippen molar-refractivity contribution in [3.05, 3.63) is 11.3 Å². The molecule has 1 saturated carbocycles. The molecule has 2 rings (SSSR count). The van der Waals surface area contributed by atoms with E-state index in [2.05, 4.69) is 0 Å². The zero-order valence-corrected chi connectivity index (χ0v) is 12.1. The van der Waals surface area contributed by atoms with Crippen LogP contribution in [0, 0.1) is 5.92 Å². The molecule has 7 heteroatoms. The van der Waals surface area contributed by atoms with Gasteiger partial charge in [0, 0.05) is 0 Å². The Balaban J connectivity index is 2.32. The first-order valence-electron chi connectivity index (χ1n) is 6.78. The van der Waals surface area contributed by atoms with E-state index in [0.717, 1.165) is 0 Å². The molecule has 2 fully saturated rings. The molecule has 20 heavy (non-hydrogen) atoms. The van der Waals surface area contributed by atoms with E-state index in [-0.39, 0.29) is 0 Å². The topological polar surface area (TPSA) is 18.5 Å². The van der Waals surface area contributed by atoms with Crippen LogP contribution in [0.3, 0.4) is 0 Å². The Morgan fingerprint density at radius 1 is 1.05 bits per heavy atom. The highest BCUT2D eigenvalue weighted by Gasteiger charge is 2.56. The lowest BCUT2D eigenvalue weighted by Gasteiger charge is -2.32. The fourth-order valence-corrected chi connectivity index (χ4v) is 2.33. The van der Waals surface area contributed by atoms with E-state index < -0.39 is 41.7 Å². The molecule has 0 amide bonds. The summed E-state index contributed by atoms with van der Waals surface area (Å²) in [5.41, 5.74) is -4.14. The maximum Gasteiger partial charge on any atom is 0.525 e. The second kappa shape index (κ2) is 4.73. The normalized spacial score (nSPS) is 27.3. The third kappa shape index (κ3) is 2.62. The van der Waals surface area contributed by atoms with Gasteiger partial charge in [-0.25, -0.2) is 4.39 Å². The number of rotatable bonds is 2. The Morgan fingerprint density at radius 2 is 1.50 bits per heavy atom. The van der Waals surface area contributed by atoms with E-state index in [1.54, 1.807) is 27.7 Å². The Kier molecular flexibility index (Phi) is 3.74. The van der Waals surface area contributed by atoms with Crippen LogP contribution in [0.2, 0.25) is 0 Å². The van der Waals surface area contributed by atoms with Crippen molar-refractivity contribution in [2.24, 2.45) is 5.92 Å². The number of hydrogen-bond donors (Lipinski definition) is 0. The number of hydrogen-bond acceptors (Lipinski definition) is 2. The quantitative estimate of drug-likeness (QED) is 0.561. The molecule has 0 N–H and O–H groups in total. The molecule has 0 aromatic rings. The highest BCUT2D eigenvalue weighted by atomic mass is 19.4. The van der Waals surface area contributed by atoms with Gasteiger partial charge in [0.05, 0.1) is 16.8 Å². The average Bonchev–Trinajstić information content (AvgIpc) is 2.39. The van der Waals surface area contributed by atoms with Gasteiger partial charge in [0.2, 0.25) is 0 Å². The lowest BCUT2D eigenvalue weighted by molar-refractivity contribution is -0.104. The van der Waals surface area contributed by atoms with Crippen LogP contribution in [0.25, 0.3) is 0 Å². The van der Waals surface area contributed by atoms with Crippen molar-refractivity contribution in [2.45, 2.75) is 64.3 Å². The Morgan fingerprint density at radius 3 is 1.80 bits per heavy atom. The molecule has 0 bridgehead atoms. The van der Waals surface area contributed by atoms with Crippen LogP contribution in [0.15, 0.2) is 11.3 Å². The van der Waals surface area contributed by atoms with Crippen molar-refractivity contribution in [2.75, 3.05) is 0 Å². The van der Waals surface area contributed by atoms with E-state index in [1.165, 1.54) is 0 Å². The molecule has 1 heterocycles. The lowest BCUT2D eigenvalue weighted by atomic mass is 9.73. The summed E-state index contributed by atoms with van der Waals surface area (Å²) in [7, 11) is -1.57. The summed E-state index contributed by atoms with van der Waals surface area (Å²) >= 11 is 0. The van der Waals surface area contributed by atoms with Gasteiger partial charge in [0.25, 0.3) is 0 Å². The minimum absolute atomic E-state index is 0.363. The molecule has 2 nitrogen and oxygen atoms in total. The average molecular weight is 294 g/mol. The van der Waals surface area contributed by atoms with Crippen molar-refractivity contribution in [1.82, 2.24) is 0 Å². The summed E-state index contributed by atoms with van der Waals surface area (Å²) in [4.78, 5) is 0. The smallest absolute Gasteiger partial charge is 0.398 e. The molecule has 0 atom stereocenters. The van der Waals surface area contributed by atoms with Gasteiger partial charge in [0.15, 0.2) is 0 Å². The van der Waals surface area contributed by atoms with Gasteiger partial charge in [-0.1, -0.05) is 6.42 Å². The van der Waals surface area contributed by atoms with Crippen molar-refractivity contribution >= 4 is 7.12 Å². The number of allylic oxidation sites excluding steroid dienone is 1. The van der Waals surface area contributed by atoms with Crippen molar-refractivity contribution < 1.29 is 26.9 Å². The van der Waals surface area contributed by atoms with Gasteiger partial charge in [-0.3, -0.25) is 0 Å². The highest BCUT2D eigenvalue weighted by molar-refractivity contribution is 6.53. The summed E-state index contributed by atoms with van der Waals surface area (Å²) in [6.45, 7) is 6.71. The first-order valence-corrected chi connectivity index (χ1v) is 6.78. The summed E-state index contributed by atoms with van der Waals surface area (Å²) in [5, 5.41) is 0. The van der Waals surface area contributed by atoms with Crippen LogP contribution >= 0.6 is 0 Å². The monoisotopic (exact) mass is 294 g/mol. The molecule has 0 aromatic heterocycles. The van der Waals surface area contributed by atoms with Gasteiger partial charge in [-0.15, -0.1) is 0 Å². The van der Waals surface area contributed by atoms with Gasteiger partial charge in [-0.2, -0.15) is 13.2 Å². The third-order valence-corrected chi connectivity index (χ3v) is 4.54. The van der Waals surface area contributed by atoms with Crippen molar-refractivity contribution in [3.63, 3.8) is 0 Å². The molecule has 114 valence electrons. The second-order valence-electron chi connectivity index (χ2n) is 6.48. The minimum atomic E-state index is -4.68. The van der Waals surface area contributed by atoms with E-state index >= 15 is 0 Å². The predicted molar refractivity (Wildman–Crippen MR) is 67.6 cm³/mol.